The number of guanidine groups is 1. The molecular formula is C8H13F2N3. The number of halogens is 2. The molecule has 2 fully saturated rings. The Bertz CT molecular complexity index is 234. The SMILES string of the molecule is NC(N)=NCC1CC2C(C1)C2(F)F. The van der Waals surface area contributed by atoms with Gasteiger partial charge in [-0.05, 0) is 18.8 Å². The van der Waals surface area contributed by atoms with E-state index in [0.717, 1.165) is 0 Å². The van der Waals surface area contributed by atoms with Crippen LogP contribution in [-0.4, -0.2) is 18.4 Å². The summed E-state index contributed by atoms with van der Waals surface area (Å²) in [7, 11) is 0. The number of aliphatic imine (C=N–C) groups is 1. The molecule has 0 aromatic carbocycles. The molecule has 0 saturated heterocycles. The third-order valence-electron chi connectivity index (χ3n) is 3.07. The van der Waals surface area contributed by atoms with Crippen molar-refractivity contribution in [2.45, 2.75) is 18.8 Å². The minimum absolute atomic E-state index is 0.0485. The third kappa shape index (κ3) is 1.36. The lowest BCUT2D eigenvalue weighted by Gasteiger charge is -2.10. The molecule has 0 aromatic rings. The van der Waals surface area contributed by atoms with Gasteiger partial charge in [0.1, 0.15) is 0 Å². The van der Waals surface area contributed by atoms with E-state index in [-0.39, 0.29) is 23.7 Å². The molecule has 2 rings (SSSR count). The molecular weight excluding hydrogens is 176 g/mol. The fraction of sp³-hybridized carbons (Fsp3) is 0.875. The van der Waals surface area contributed by atoms with Gasteiger partial charge in [-0.2, -0.15) is 0 Å². The van der Waals surface area contributed by atoms with Crippen molar-refractivity contribution in [1.82, 2.24) is 0 Å². The summed E-state index contributed by atoms with van der Waals surface area (Å²) in [6, 6.07) is 0. The van der Waals surface area contributed by atoms with Gasteiger partial charge in [0.25, 0.3) is 5.92 Å². The Morgan fingerprint density at radius 1 is 1.31 bits per heavy atom. The summed E-state index contributed by atoms with van der Waals surface area (Å²) < 4.78 is 25.5. The van der Waals surface area contributed by atoms with Gasteiger partial charge < -0.3 is 11.5 Å². The summed E-state index contributed by atoms with van der Waals surface area (Å²) in [6.45, 7) is 0.505. The minimum Gasteiger partial charge on any atom is -0.370 e. The number of rotatable bonds is 2. The highest BCUT2D eigenvalue weighted by atomic mass is 19.3. The van der Waals surface area contributed by atoms with Crippen LogP contribution in [0.1, 0.15) is 12.8 Å². The lowest BCUT2D eigenvalue weighted by Crippen LogP contribution is -2.24. The topological polar surface area (TPSA) is 64.4 Å². The predicted molar refractivity (Wildman–Crippen MR) is 45.3 cm³/mol. The molecule has 2 atom stereocenters. The Morgan fingerprint density at radius 2 is 1.85 bits per heavy atom. The zero-order chi connectivity index (χ0) is 9.64. The maximum atomic E-state index is 12.7. The first kappa shape index (κ1) is 8.72. The largest absolute Gasteiger partial charge is 0.370 e. The summed E-state index contributed by atoms with van der Waals surface area (Å²) in [5.74, 6) is -2.84. The molecule has 74 valence electrons. The summed E-state index contributed by atoms with van der Waals surface area (Å²) in [4.78, 5) is 3.84. The highest BCUT2D eigenvalue weighted by Gasteiger charge is 2.71. The number of fused-ring (bicyclic) bond motifs is 1. The van der Waals surface area contributed by atoms with E-state index >= 15 is 0 Å². The van der Waals surface area contributed by atoms with Crippen molar-refractivity contribution in [2.24, 2.45) is 34.2 Å². The van der Waals surface area contributed by atoms with E-state index in [1.54, 1.807) is 0 Å². The maximum absolute atomic E-state index is 12.7. The second-order valence-electron chi connectivity index (χ2n) is 3.99. The first-order chi connectivity index (χ1) is 6.01. The molecule has 0 aromatic heterocycles. The van der Waals surface area contributed by atoms with Gasteiger partial charge in [-0.25, -0.2) is 8.78 Å². The average molecular weight is 189 g/mol. The van der Waals surface area contributed by atoms with Gasteiger partial charge in [0.2, 0.25) is 0 Å². The quantitative estimate of drug-likeness (QED) is 0.492. The first-order valence-electron chi connectivity index (χ1n) is 4.45. The first-order valence-corrected chi connectivity index (χ1v) is 4.45. The van der Waals surface area contributed by atoms with Gasteiger partial charge in [-0.3, -0.25) is 4.99 Å². The Morgan fingerprint density at radius 3 is 2.31 bits per heavy atom. The summed E-state index contributed by atoms with van der Waals surface area (Å²) in [5, 5.41) is 0. The fourth-order valence-electron chi connectivity index (χ4n) is 2.30. The van der Waals surface area contributed by atoms with Gasteiger partial charge in [-0.1, -0.05) is 0 Å². The van der Waals surface area contributed by atoms with Crippen LogP contribution in [0.25, 0.3) is 0 Å². The molecule has 5 heteroatoms. The standard InChI is InChI=1S/C8H13F2N3/c9-8(10)5-1-4(2-6(5)8)3-13-7(11)12/h4-6H,1-3H2,(H4,11,12,13). The van der Waals surface area contributed by atoms with Crippen molar-refractivity contribution in [3.05, 3.63) is 0 Å². The van der Waals surface area contributed by atoms with Gasteiger partial charge in [0.05, 0.1) is 0 Å². The monoisotopic (exact) mass is 189 g/mol. The third-order valence-corrected chi connectivity index (χ3v) is 3.07. The Labute approximate surface area is 75.2 Å². The van der Waals surface area contributed by atoms with E-state index in [1.807, 2.05) is 0 Å². The number of nitrogens with zero attached hydrogens (tertiary/aromatic N) is 1. The highest BCUT2D eigenvalue weighted by molar-refractivity contribution is 5.75. The molecule has 0 radical (unpaired) electrons. The van der Waals surface area contributed by atoms with E-state index < -0.39 is 5.92 Å². The lowest BCUT2D eigenvalue weighted by molar-refractivity contribution is 0.0646. The zero-order valence-corrected chi connectivity index (χ0v) is 7.21. The smallest absolute Gasteiger partial charge is 0.254 e. The van der Waals surface area contributed by atoms with Crippen LogP contribution < -0.4 is 11.5 Å². The van der Waals surface area contributed by atoms with Crippen molar-refractivity contribution in [3.63, 3.8) is 0 Å². The molecule has 4 N–H and O–H groups in total. The minimum atomic E-state index is -2.38. The zero-order valence-electron chi connectivity index (χ0n) is 7.21. The summed E-state index contributed by atoms with van der Waals surface area (Å²) >= 11 is 0. The molecule has 0 amide bonds. The molecule has 2 saturated carbocycles. The molecule has 2 aliphatic carbocycles. The van der Waals surface area contributed by atoms with Crippen LogP contribution in [0.4, 0.5) is 8.78 Å². The fourth-order valence-corrected chi connectivity index (χ4v) is 2.30. The van der Waals surface area contributed by atoms with Crippen molar-refractivity contribution in [1.29, 1.82) is 0 Å². The Balaban J connectivity index is 1.81. The Kier molecular flexibility index (Phi) is 1.72. The average Bonchev–Trinajstić information content (AvgIpc) is 2.51. The number of alkyl halides is 2. The van der Waals surface area contributed by atoms with Gasteiger partial charge in [-0.15, -0.1) is 0 Å². The normalized spacial score (nSPS) is 39.7. The Hall–Kier alpha value is -0.870. The summed E-state index contributed by atoms with van der Waals surface area (Å²) in [6.07, 6.45) is 1.16. The van der Waals surface area contributed by atoms with Crippen LogP contribution in [0.15, 0.2) is 4.99 Å². The molecule has 2 aliphatic rings. The number of hydrogen-bond donors (Lipinski definition) is 2. The van der Waals surface area contributed by atoms with Crippen molar-refractivity contribution >= 4 is 5.96 Å². The van der Waals surface area contributed by atoms with Gasteiger partial charge >= 0.3 is 0 Å². The van der Waals surface area contributed by atoms with E-state index in [0.29, 0.717) is 19.4 Å². The molecule has 0 spiro atoms. The van der Waals surface area contributed by atoms with E-state index in [1.165, 1.54) is 0 Å². The molecule has 3 nitrogen and oxygen atoms in total. The van der Waals surface area contributed by atoms with Crippen LogP contribution in [-0.2, 0) is 0 Å². The molecule has 13 heavy (non-hydrogen) atoms. The molecule has 0 heterocycles. The van der Waals surface area contributed by atoms with Gasteiger partial charge in [0.15, 0.2) is 5.96 Å². The number of nitrogens with two attached hydrogens (primary N) is 2. The van der Waals surface area contributed by atoms with E-state index in [2.05, 4.69) is 4.99 Å². The van der Waals surface area contributed by atoms with Crippen molar-refractivity contribution in [2.75, 3.05) is 6.54 Å². The van der Waals surface area contributed by atoms with Crippen LogP contribution in [0.3, 0.4) is 0 Å². The predicted octanol–water partition coefficient (Wildman–Crippen LogP) is 0.551. The highest BCUT2D eigenvalue weighted by Crippen LogP contribution is 2.65. The van der Waals surface area contributed by atoms with Crippen LogP contribution in [0, 0.1) is 17.8 Å². The lowest BCUT2D eigenvalue weighted by atomic mass is 10.0. The van der Waals surface area contributed by atoms with Crippen LogP contribution in [0.2, 0.25) is 0 Å². The second-order valence-corrected chi connectivity index (χ2v) is 3.99. The van der Waals surface area contributed by atoms with E-state index in [9.17, 15) is 8.78 Å². The van der Waals surface area contributed by atoms with E-state index in [4.69, 9.17) is 11.5 Å². The van der Waals surface area contributed by atoms with Crippen LogP contribution in [0.5, 0.6) is 0 Å². The molecule has 0 bridgehead atoms. The second kappa shape index (κ2) is 2.56. The van der Waals surface area contributed by atoms with Crippen molar-refractivity contribution < 1.29 is 8.78 Å². The van der Waals surface area contributed by atoms with Gasteiger partial charge in [0, 0.05) is 18.4 Å². The van der Waals surface area contributed by atoms with Crippen LogP contribution >= 0.6 is 0 Å². The number of hydrogen-bond acceptors (Lipinski definition) is 1. The van der Waals surface area contributed by atoms with Crippen molar-refractivity contribution in [3.8, 4) is 0 Å². The molecule has 0 aliphatic heterocycles. The maximum Gasteiger partial charge on any atom is 0.254 e. The summed E-state index contributed by atoms with van der Waals surface area (Å²) in [5.41, 5.74) is 10.3. The molecule has 2 unspecified atom stereocenters.